The molecule has 0 bridgehead atoms. The van der Waals surface area contributed by atoms with Gasteiger partial charge in [0.1, 0.15) is 5.58 Å². The molecule has 3 rings (SSSR count). The van der Waals surface area contributed by atoms with Crippen molar-refractivity contribution in [3.05, 3.63) is 24.3 Å². The molecular formula is C12H14N2O2. The van der Waals surface area contributed by atoms with Crippen molar-refractivity contribution in [1.29, 1.82) is 0 Å². The van der Waals surface area contributed by atoms with Crippen LogP contribution in [-0.4, -0.2) is 26.3 Å². The predicted octanol–water partition coefficient (Wildman–Crippen LogP) is 1.85. The molecule has 1 aromatic heterocycles. The van der Waals surface area contributed by atoms with Gasteiger partial charge in [0.2, 0.25) is 0 Å². The maximum atomic E-state index is 5.78. The van der Waals surface area contributed by atoms with Gasteiger partial charge in [-0.2, -0.15) is 0 Å². The van der Waals surface area contributed by atoms with Crippen LogP contribution in [0.2, 0.25) is 0 Å². The van der Waals surface area contributed by atoms with Gasteiger partial charge < -0.3 is 19.8 Å². The standard InChI is InChI=1S/C12H14N2O2/c13-10-1-2-11-9(7-10)8-12(16-11)14-3-5-15-6-4-14/h1-2,7-8H,3-6,13H2. The van der Waals surface area contributed by atoms with E-state index in [4.69, 9.17) is 14.9 Å². The van der Waals surface area contributed by atoms with Crippen LogP contribution in [0.1, 0.15) is 0 Å². The number of nitrogens with two attached hydrogens (primary N) is 1. The van der Waals surface area contributed by atoms with Crippen molar-refractivity contribution in [2.24, 2.45) is 0 Å². The fraction of sp³-hybridized carbons (Fsp3) is 0.333. The highest BCUT2D eigenvalue weighted by molar-refractivity contribution is 5.84. The first-order valence-electron chi connectivity index (χ1n) is 5.45. The van der Waals surface area contributed by atoms with Crippen LogP contribution in [0.5, 0.6) is 0 Å². The zero-order chi connectivity index (χ0) is 11.0. The van der Waals surface area contributed by atoms with Crippen LogP contribution in [0, 0.1) is 0 Å². The molecule has 0 amide bonds. The van der Waals surface area contributed by atoms with Crippen molar-refractivity contribution in [3.63, 3.8) is 0 Å². The number of rotatable bonds is 1. The average molecular weight is 218 g/mol. The van der Waals surface area contributed by atoms with E-state index in [0.29, 0.717) is 0 Å². The van der Waals surface area contributed by atoms with Crippen LogP contribution in [0.15, 0.2) is 28.7 Å². The van der Waals surface area contributed by atoms with Crippen molar-refractivity contribution in [3.8, 4) is 0 Å². The second-order valence-corrected chi connectivity index (χ2v) is 3.98. The maximum absolute atomic E-state index is 5.78. The minimum atomic E-state index is 0.763. The SMILES string of the molecule is Nc1ccc2oc(N3CCOCC3)cc2c1. The van der Waals surface area contributed by atoms with Gasteiger partial charge in [0, 0.05) is 30.2 Å². The Bertz CT molecular complexity index is 501. The zero-order valence-electron chi connectivity index (χ0n) is 8.98. The third-order valence-electron chi connectivity index (χ3n) is 2.85. The number of anilines is 2. The molecule has 0 radical (unpaired) electrons. The van der Waals surface area contributed by atoms with Crippen molar-refractivity contribution >= 4 is 22.5 Å². The Balaban J connectivity index is 1.97. The van der Waals surface area contributed by atoms with E-state index in [-0.39, 0.29) is 0 Å². The number of ether oxygens (including phenoxy) is 1. The molecule has 0 saturated carbocycles. The Morgan fingerprint density at radius 2 is 1.94 bits per heavy atom. The summed E-state index contributed by atoms with van der Waals surface area (Å²) in [6.07, 6.45) is 0. The maximum Gasteiger partial charge on any atom is 0.196 e. The lowest BCUT2D eigenvalue weighted by Gasteiger charge is -2.25. The summed E-state index contributed by atoms with van der Waals surface area (Å²) >= 11 is 0. The summed E-state index contributed by atoms with van der Waals surface area (Å²) in [4.78, 5) is 2.19. The minimum absolute atomic E-state index is 0.763. The third-order valence-corrected chi connectivity index (χ3v) is 2.85. The Hall–Kier alpha value is -1.68. The molecule has 4 heteroatoms. The van der Waals surface area contributed by atoms with E-state index >= 15 is 0 Å². The molecule has 1 aliphatic heterocycles. The molecule has 2 heterocycles. The van der Waals surface area contributed by atoms with Gasteiger partial charge in [0.05, 0.1) is 13.2 Å². The second kappa shape index (κ2) is 3.72. The van der Waals surface area contributed by atoms with Crippen LogP contribution in [0.3, 0.4) is 0 Å². The molecular weight excluding hydrogens is 204 g/mol. The zero-order valence-corrected chi connectivity index (χ0v) is 8.98. The van der Waals surface area contributed by atoms with E-state index in [1.165, 1.54) is 0 Å². The molecule has 1 fully saturated rings. The van der Waals surface area contributed by atoms with Crippen molar-refractivity contribution < 1.29 is 9.15 Å². The molecule has 0 unspecified atom stereocenters. The average Bonchev–Trinajstić information content (AvgIpc) is 2.73. The van der Waals surface area contributed by atoms with Gasteiger partial charge in [-0.25, -0.2) is 0 Å². The molecule has 0 aliphatic carbocycles. The van der Waals surface area contributed by atoms with Crippen LogP contribution >= 0.6 is 0 Å². The molecule has 4 nitrogen and oxygen atoms in total. The fourth-order valence-corrected chi connectivity index (χ4v) is 1.99. The summed E-state index contributed by atoms with van der Waals surface area (Å²) in [6, 6.07) is 7.74. The number of nitrogens with zero attached hydrogens (tertiary/aromatic N) is 1. The van der Waals surface area contributed by atoms with Gasteiger partial charge in [0.25, 0.3) is 0 Å². The Morgan fingerprint density at radius 3 is 2.75 bits per heavy atom. The summed E-state index contributed by atoms with van der Waals surface area (Å²) in [5.41, 5.74) is 7.39. The van der Waals surface area contributed by atoms with Gasteiger partial charge in [-0.1, -0.05) is 0 Å². The quantitative estimate of drug-likeness (QED) is 0.742. The lowest BCUT2D eigenvalue weighted by molar-refractivity contribution is 0.121. The normalized spacial score (nSPS) is 16.9. The highest BCUT2D eigenvalue weighted by atomic mass is 16.5. The summed E-state index contributed by atoms with van der Waals surface area (Å²) < 4.78 is 11.1. The highest BCUT2D eigenvalue weighted by Gasteiger charge is 2.15. The lowest BCUT2D eigenvalue weighted by atomic mass is 10.2. The summed E-state index contributed by atoms with van der Waals surface area (Å²) in [6.45, 7) is 3.29. The summed E-state index contributed by atoms with van der Waals surface area (Å²) in [7, 11) is 0. The lowest BCUT2D eigenvalue weighted by Crippen LogP contribution is -2.35. The third kappa shape index (κ3) is 1.61. The fourth-order valence-electron chi connectivity index (χ4n) is 1.99. The van der Waals surface area contributed by atoms with Crippen molar-refractivity contribution in [1.82, 2.24) is 0 Å². The van der Waals surface area contributed by atoms with E-state index < -0.39 is 0 Å². The first-order valence-corrected chi connectivity index (χ1v) is 5.45. The highest BCUT2D eigenvalue weighted by Crippen LogP contribution is 2.27. The number of furan rings is 1. The number of benzene rings is 1. The number of morpholine rings is 1. The topological polar surface area (TPSA) is 51.6 Å². The summed E-state index contributed by atoms with van der Waals surface area (Å²) in [5.74, 6) is 0.906. The van der Waals surface area contributed by atoms with Crippen LogP contribution in [0.25, 0.3) is 11.0 Å². The van der Waals surface area contributed by atoms with E-state index in [2.05, 4.69) is 4.90 Å². The smallest absolute Gasteiger partial charge is 0.196 e. The van der Waals surface area contributed by atoms with Gasteiger partial charge in [-0.3, -0.25) is 0 Å². The van der Waals surface area contributed by atoms with Gasteiger partial charge >= 0.3 is 0 Å². The summed E-state index contributed by atoms with van der Waals surface area (Å²) in [5, 5.41) is 1.06. The van der Waals surface area contributed by atoms with Gasteiger partial charge in [-0.15, -0.1) is 0 Å². The van der Waals surface area contributed by atoms with Gasteiger partial charge in [-0.05, 0) is 18.2 Å². The molecule has 16 heavy (non-hydrogen) atoms. The van der Waals surface area contributed by atoms with Crippen LogP contribution in [-0.2, 0) is 4.74 Å². The molecule has 1 aliphatic rings. The Morgan fingerprint density at radius 1 is 1.12 bits per heavy atom. The molecule has 1 aromatic carbocycles. The molecule has 0 atom stereocenters. The van der Waals surface area contributed by atoms with E-state index in [0.717, 1.165) is 48.8 Å². The predicted molar refractivity (Wildman–Crippen MR) is 63.7 cm³/mol. The number of fused-ring (bicyclic) bond motifs is 1. The monoisotopic (exact) mass is 218 g/mol. The van der Waals surface area contributed by atoms with E-state index in [1.807, 2.05) is 24.3 Å². The Kier molecular flexibility index (Phi) is 2.22. The second-order valence-electron chi connectivity index (χ2n) is 3.98. The Labute approximate surface area is 93.6 Å². The van der Waals surface area contributed by atoms with E-state index in [9.17, 15) is 0 Å². The van der Waals surface area contributed by atoms with Crippen LogP contribution in [0.4, 0.5) is 11.6 Å². The molecule has 1 saturated heterocycles. The van der Waals surface area contributed by atoms with Gasteiger partial charge in [0.15, 0.2) is 5.88 Å². The van der Waals surface area contributed by atoms with Crippen molar-refractivity contribution in [2.75, 3.05) is 36.9 Å². The first kappa shape index (κ1) is 9.54. The molecule has 2 N–H and O–H groups in total. The largest absolute Gasteiger partial charge is 0.441 e. The molecule has 84 valence electrons. The number of hydrogen-bond donors (Lipinski definition) is 1. The van der Waals surface area contributed by atoms with Crippen LogP contribution < -0.4 is 10.6 Å². The molecule has 2 aromatic rings. The minimum Gasteiger partial charge on any atom is -0.441 e. The molecule has 0 spiro atoms. The number of nitrogen functional groups attached to an aromatic ring is 1. The van der Waals surface area contributed by atoms with E-state index in [1.54, 1.807) is 0 Å². The first-order chi connectivity index (χ1) is 7.83. The number of hydrogen-bond acceptors (Lipinski definition) is 4. The van der Waals surface area contributed by atoms with Crippen molar-refractivity contribution in [2.45, 2.75) is 0 Å².